The first-order valence-corrected chi connectivity index (χ1v) is 16.0. The molecule has 19 nitrogen and oxygen atoms in total. The van der Waals surface area contributed by atoms with Crippen molar-refractivity contribution in [3.05, 3.63) is 18.2 Å². The number of aliphatic hydroxyl groups excluding tert-OH is 2. The largest absolute Gasteiger partial charge is 0.481 e. The number of nitrogens with zero attached hydrogens (tertiary/aromatic N) is 2. The van der Waals surface area contributed by atoms with Crippen molar-refractivity contribution in [3.63, 3.8) is 0 Å². The number of aliphatic carboxylic acids is 2. The molecule has 49 heavy (non-hydrogen) atoms. The Bertz CT molecular complexity index is 1320. The van der Waals surface area contributed by atoms with Crippen molar-refractivity contribution < 1.29 is 54.0 Å². The molecule has 0 aliphatic carbocycles. The third-order valence-electron chi connectivity index (χ3n) is 7.88. The van der Waals surface area contributed by atoms with Gasteiger partial charge in [0.15, 0.2) is 0 Å². The lowest BCUT2D eigenvalue weighted by Gasteiger charge is -2.30. The molecule has 1 aliphatic rings. The number of rotatable bonds is 19. The van der Waals surface area contributed by atoms with Crippen LogP contribution in [0.1, 0.15) is 65.5 Å². The zero-order valence-corrected chi connectivity index (χ0v) is 27.9. The Hall–Kier alpha value is -4.62. The number of nitrogens with two attached hydrogens (primary N) is 1. The topological polar surface area (TPSA) is 306 Å². The van der Waals surface area contributed by atoms with Crippen LogP contribution in [0.4, 0.5) is 0 Å². The van der Waals surface area contributed by atoms with Gasteiger partial charge in [-0.1, -0.05) is 13.8 Å². The van der Waals surface area contributed by atoms with Crippen LogP contribution < -0.4 is 27.0 Å². The Morgan fingerprint density at radius 1 is 0.898 bits per heavy atom. The molecule has 0 spiro atoms. The molecule has 1 aromatic heterocycles. The van der Waals surface area contributed by atoms with Crippen LogP contribution in [0.15, 0.2) is 12.5 Å². The highest BCUT2D eigenvalue weighted by Gasteiger charge is 2.40. The van der Waals surface area contributed by atoms with Crippen molar-refractivity contribution in [1.82, 2.24) is 36.1 Å². The van der Waals surface area contributed by atoms with Crippen LogP contribution in [0.3, 0.4) is 0 Å². The zero-order chi connectivity index (χ0) is 37.0. The number of hydrogen-bond acceptors (Lipinski definition) is 11. The number of carboxylic acid groups (broad SMARTS) is 2. The van der Waals surface area contributed by atoms with Crippen LogP contribution in [0, 0.1) is 5.92 Å². The second-order valence-electron chi connectivity index (χ2n) is 12.6. The van der Waals surface area contributed by atoms with E-state index in [1.165, 1.54) is 26.4 Å². The molecule has 8 atom stereocenters. The van der Waals surface area contributed by atoms with E-state index in [2.05, 4.69) is 31.2 Å². The number of H-pyrrole nitrogens is 1. The smallest absolute Gasteiger partial charge is 0.326 e. The van der Waals surface area contributed by atoms with Gasteiger partial charge >= 0.3 is 11.9 Å². The average molecular weight is 697 g/mol. The lowest BCUT2D eigenvalue weighted by Crippen LogP contribution is -2.62. The number of aromatic amines is 1. The van der Waals surface area contributed by atoms with E-state index in [1.807, 2.05) is 0 Å². The molecule has 0 bridgehead atoms. The number of carbonyl (C=O) groups excluding carboxylic acids is 5. The summed E-state index contributed by atoms with van der Waals surface area (Å²) in [4.78, 5) is 96.8. The zero-order valence-electron chi connectivity index (χ0n) is 27.9. The van der Waals surface area contributed by atoms with Crippen molar-refractivity contribution >= 4 is 41.5 Å². The molecule has 0 saturated carbocycles. The average Bonchev–Trinajstić information content (AvgIpc) is 3.71. The fourth-order valence-electron chi connectivity index (χ4n) is 5.27. The molecule has 2 heterocycles. The third kappa shape index (κ3) is 12.4. The molecule has 1 fully saturated rings. The fourth-order valence-corrected chi connectivity index (χ4v) is 5.27. The normalized spacial score (nSPS) is 18.7. The van der Waals surface area contributed by atoms with Crippen molar-refractivity contribution in [2.24, 2.45) is 11.7 Å². The highest BCUT2D eigenvalue weighted by atomic mass is 16.4. The standard InChI is InChI=1S/C30H48N8O11/c1-14(2)10-20(35-25(43)18(31)11-17-12-32-13-33-17)27(45)36-23(15(3)39)28(46)34-19(7-8-22(41)42)26(44)37-24(16(4)40)29(47)38-9-5-6-21(38)30(48)49/h12-16,18-21,23-24,39-40H,5-11,31H2,1-4H3,(H,32,33)(H,34,46)(H,35,43)(H,36,45)(H,37,44)(H,41,42)(H,48,49)/t15-,16-,18+,19+,20+,21+,23+,24+/m1/s1. The second-order valence-corrected chi connectivity index (χ2v) is 12.6. The molecule has 1 aliphatic heterocycles. The van der Waals surface area contributed by atoms with Crippen molar-refractivity contribution in [2.45, 2.75) is 115 Å². The summed E-state index contributed by atoms with van der Waals surface area (Å²) in [6.45, 7) is 6.02. The van der Waals surface area contributed by atoms with Gasteiger partial charge in [0.05, 0.1) is 24.6 Å². The van der Waals surface area contributed by atoms with E-state index in [4.69, 9.17) is 5.73 Å². The van der Waals surface area contributed by atoms with Crippen molar-refractivity contribution in [1.29, 1.82) is 0 Å². The van der Waals surface area contributed by atoms with E-state index in [-0.39, 0.29) is 31.7 Å². The highest BCUT2D eigenvalue weighted by Crippen LogP contribution is 2.19. The first-order chi connectivity index (χ1) is 22.9. The number of carbonyl (C=O) groups is 7. The Morgan fingerprint density at radius 3 is 2.02 bits per heavy atom. The fraction of sp³-hybridized carbons (Fsp3) is 0.667. The summed E-state index contributed by atoms with van der Waals surface area (Å²) in [5.74, 6) is -7.25. The highest BCUT2D eigenvalue weighted by molar-refractivity contribution is 5.97. The maximum absolute atomic E-state index is 13.4. The number of hydrogen-bond donors (Lipinski definition) is 10. The van der Waals surface area contributed by atoms with Crippen LogP contribution >= 0.6 is 0 Å². The number of imidazole rings is 1. The summed E-state index contributed by atoms with van der Waals surface area (Å²) in [7, 11) is 0. The van der Waals surface area contributed by atoms with Gasteiger partial charge in [-0.3, -0.25) is 28.8 Å². The summed E-state index contributed by atoms with van der Waals surface area (Å²) in [6.07, 6.45) is -0.471. The molecule has 5 amide bonds. The van der Waals surface area contributed by atoms with E-state index in [9.17, 15) is 54.0 Å². The van der Waals surface area contributed by atoms with E-state index in [0.29, 0.717) is 12.1 Å². The number of aliphatic hydroxyl groups is 2. The minimum Gasteiger partial charge on any atom is -0.481 e. The van der Waals surface area contributed by atoms with Gasteiger partial charge in [-0.05, 0) is 45.4 Å². The number of carboxylic acids is 2. The lowest BCUT2D eigenvalue weighted by atomic mass is 10.0. The maximum atomic E-state index is 13.4. The van der Waals surface area contributed by atoms with Gasteiger partial charge in [0.25, 0.3) is 0 Å². The summed E-state index contributed by atoms with van der Waals surface area (Å²) in [5, 5.41) is 49.0. The summed E-state index contributed by atoms with van der Waals surface area (Å²) >= 11 is 0. The van der Waals surface area contributed by atoms with Gasteiger partial charge in [-0.2, -0.15) is 0 Å². The minimum absolute atomic E-state index is 0.0677. The number of nitrogens with one attached hydrogen (secondary N) is 5. The van der Waals surface area contributed by atoms with Gasteiger partial charge in [0.2, 0.25) is 29.5 Å². The van der Waals surface area contributed by atoms with Crippen LogP contribution in [0.25, 0.3) is 0 Å². The molecule has 11 N–H and O–H groups in total. The molecule has 1 saturated heterocycles. The molecule has 0 unspecified atom stereocenters. The Labute approximate surface area is 282 Å². The Kier molecular flexibility index (Phi) is 15.6. The van der Waals surface area contributed by atoms with Crippen LogP contribution in [0.5, 0.6) is 0 Å². The molecular formula is C30H48N8O11. The minimum atomic E-state index is -1.69. The molecule has 274 valence electrons. The predicted octanol–water partition coefficient (Wildman–Crippen LogP) is -3.03. The molecule has 0 radical (unpaired) electrons. The van der Waals surface area contributed by atoms with Crippen molar-refractivity contribution in [2.75, 3.05) is 6.54 Å². The maximum Gasteiger partial charge on any atom is 0.326 e. The monoisotopic (exact) mass is 696 g/mol. The number of likely N-dealkylation sites (tertiary alicyclic amines) is 1. The molecule has 1 aromatic rings. The first-order valence-electron chi connectivity index (χ1n) is 16.0. The SMILES string of the molecule is CC(C)C[C@H](NC(=O)[C@@H](N)Cc1cnc[nH]1)C(=O)N[C@H](C(=O)N[C@@H](CCC(=O)O)C(=O)N[C@H](C(=O)N1CCC[C@H]1C(=O)O)[C@@H](C)O)[C@@H](C)O. The van der Waals surface area contributed by atoms with Crippen molar-refractivity contribution in [3.8, 4) is 0 Å². The van der Waals surface area contributed by atoms with Gasteiger partial charge in [-0.25, -0.2) is 9.78 Å². The summed E-state index contributed by atoms with van der Waals surface area (Å²) in [5.41, 5.74) is 6.59. The quantitative estimate of drug-likeness (QED) is 0.0689. The first kappa shape index (κ1) is 40.6. The van der Waals surface area contributed by atoms with Gasteiger partial charge in [-0.15, -0.1) is 0 Å². The van der Waals surface area contributed by atoms with Gasteiger partial charge in [0.1, 0.15) is 30.2 Å². The Morgan fingerprint density at radius 2 is 1.49 bits per heavy atom. The molecule has 0 aromatic carbocycles. The molecular weight excluding hydrogens is 648 g/mol. The lowest BCUT2D eigenvalue weighted by molar-refractivity contribution is -0.150. The van der Waals surface area contributed by atoms with E-state index in [1.54, 1.807) is 13.8 Å². The summed E-state index contributed by atoms with van der Waals surface area (Å²) in [6, 6.07) is -8.35. The number of amides is 5. The van der Waals surface area contributed by atoms with Crippen LogP contribution in [-0.2, 0) is 40.0 Å². The summed E-state index contributed by atoms with van der Waals surface area (Å²) < 4.78 is 0. The van der Waals surface area contributed by atoms with Crippen LogP contribution in [0.2, 0.25) is 0 Å². The van der Waals surface area contributed by atoms with Crippen LogP contribution in [-0.4, -0.2) is 132 Å². The molecule has 2 rings (SSSR count). The van der Waals surface area contributed by atoms with E-state index >= 15 is 0 Å². The second kappa shape index (κ2) is 18.8. The van der Waals surface area contributed by atoms with Gasteiger partial charge in [0, 0.05) is 31.3 Å². The molecule has 19 heteroatoms. The third-order valence-corrected chi connectivity index (χ3v) is 7.88. The number of aromatic nitrogens is 2. The van der Waals surface area contributed by atoms with Gasteiger partial charge < -0.3 is 57.3 Å². The Balaban J connectivity index is 2.21. The van der Waals surface area contributed by atoms with E-state index < -0.39 is 103 Å². The van der Waals surface area contributed by atoms with E-state index in [0.717, 1.165) is 4.90 Å². The predicted molar refractivity (Wildman–Crippen MR) is 170 cm³/mol.